The van der Waals surface area contributed by atoms with E-state index in [1.165, 1.54) is 52.1 Å². The Morgan fingerprint density at radius 3 is 2.62 bits per heavy atom. The lowest BCUT2D eigenvalue weighted by Gasteiger charge is -2.53. The van der Waals surface area contributed by atoms with Crippen molar-refractivity contribution < 1.29 is 4.79 Å². The van der Waals surface area contributed by atoms with Gasteiger partial charge >= 0.3 is 0 Å². The number of H-pyrrole nitrogens is 2. The zero-order valence-corrected chi connectivity index (χ0v) is 24.1. The second kappa shape index (κ2) is 10.6. The standard InChI is InChI=1S/C35H37N5O2/c1-22-14-29(25-3-4-25)30(28-10-12-37-33(22)28)21-40-13-11-35(15-24(16-35)18-36)17-31(40)26-5-7-27(8-6-26)34(42)39-20-23-2-9-32(41)38-19-23/h2,5-10,12,14,19,24-25,31,37H,3-4,11,13,15-17,20-21H2,1H3,(H,38,41)(H,39,42). The van der Waals surface area contributed by atoms with Gasteiger partial charge in [-0.2, -0.15) is 5.26 Å². The number of hydrogen-bond donors (Lipinski definition) is 3. The molecule has 1 aliphatic heterocycles. The van der Waals surface area contributed by atoms with Crippen molar-refractivity contribution in [1.82, 2.24) is 20.2 Å². The van der Waals surface area contributed by atoms with Crippen LogP contribution < -0.4 is 10.9 Å². The van der Waals surface area contributed by atoms with Crippen LogP contribution in [0.2, 0.25) is 0 Å². The van der Waals surface area contributed by atoms with Gasteiger partial charge in [0, 0.05) is 60.0 Å². The van der Waals surface area contributed by atoms with E-state index in [1.54, 1.807) is 12.3 Å². The Bertz CT molecular complexity index is 1710. The molecule has 2 aromatic carbocycles. The van der Waals surface area contributed by atoms with E-state index >= 15 is 0 Å². The van der Waals surface area contributed by atoms with Crippen LogP contribution >= 0.6 is 0 Å². The predicted octanol–water partition coefficient (Wildman–Crippen LogP) is 6.23. The molecule has 1 amide bonds. The maximum Gasteiger partial charge on any atom is 0.251 e. The Hall–Kier alpha value is -4.15. The van der Waals surface area contributed by atoms with Gasteiger partial charge in [0.25, 0.3) is 5.91 Å². The van der Waals surface area contributed by atoms with Gasteiger partial charge in [-0.05, 0) is 109 Å². The average molecular weight is 560 g/mol. The van der Waals surface area contributed by atoms with Crippen molar-refractivity contribution in [2.45, 2.75) is 70.5 Å². The molecule has 3 N–H and O–H groups in total. The van der Waals surface area contributed by atoms with Crippen molar-refractivity contribution in [2.75, 3.05) is 6.54 Å². The molecule has 2 saturated carbocycles. The topological polar surface area (TPSA) is 105 Å². The summed E-state index contributed by atoms with van der Waals surface area (Å²) in [6, 6.07) is 18.7. The van der Waals surface area contributed by atoms with Crippen LogP contribution in [-0.4, -0.2) is 27.3 Å². The van der Waals surface area contributed by atoms with Crippen LogP contribution in [0.3, 0.4) is 0 Å². The molecule has 3 aliphatic rings. The van der Waals surface area contributed by atoms with Crippen molar-refractivity contribution >= 4 is 16.8 Å². The number of nitrogens with one attached hydrogen (secondary N) is 3. The fourth-order valence-corrected chi connectivity index (χ4v) is 7.47. The Labute approximate surface area is 246 Å². The maximum absolute atomic E-state index is 12.9. The number of piperidine rings is 1. The van der Waals surface area contributed by atoms with E-state index in [1.807, 2.05) is 12.1 Å². The molecule has 0 radical (unpaired) electrons. The Morgan fingerprint density at radius 2 is 1.90 bits per heavy atom. The number of aromatic amines is 2. The first kappa shape index (κ1) is 26.7. The van der Waals surface area contributed by atoms with Gasteiger partial charge in [-0.25, -0.2) is 0 Å². The minimum absolute atomic E-state index is 0.135. The van der Waals surface area contributed by atoms with Gasteiger partial charge in [0.05, 0.1) is 6.07 Å². The van der Waals surface area contributed by atoms with Crippen LogP contribution in [0.25, 0.3) is 10.9 Å². The highest BCUT2D eigenvalue weighted by atomic mass is 16.1. The molecule has 2 aliphatic carbocycles. The van der Waals surface area contributed by atoms with Crippen molar-refractivity contribution in [3.63, 3.8) is 0 Å². The molecule has 0 bridgehead atoms. The number of carbonyl (C=O) groups excluding carboxylic acids is 1. The van der Waals surface area contributed by atoms with Crippen LogP contribution in [0.4, 0.5) is 0 Å². The number of aromatic nitrogens is 2. The van der Waals surface area contributed by atoms with Crippen LogP contribution in [0.1, 0.15) is 88.7 Å². The van der Waals surface area contributed by atoms with Crippen LogP contribution in [0.15, 0.2) is 65.7 Å². The highest BCUT2D eigenvalue weighted by Crippen LogP contribution is 2.57. The largest absolute Gasteiger partial charge is 0.361 e. The molecule has 7 nitrogen and oxygen atoms in total. The number of fused-ring (bicyclic) bond motifs is 1. The quantitative estimate of drug-likeness (QED) is 0.250. The minimum Gasteiger partial charge on any atom is -0.361 e. The normalized spacial score (nSPS) is 23.9. The first-order valence-corrected chi connectivity index (χ1v) is 15.2. The van der Waals surface area contributed by atoms with Crippen molar-refractivity contribution in [3.05, 3.63) is 105 Å². The third-order valence-electron chi connectivity index (χ3n) is 9.96. The molecule has 3 heterocycles. The summed E-state index contributed by atoms with van der Waals surface area (Å²) in [7, 11) is 0. The van der Waals surface area contributed by atoms with Gasteiger partial charge in [-0.3, -0.25) is 14.5 Å². The zero-order chi connectivity index (χ0) is 28.8. The number of aryl methyl sites for hydroxylation is 1. The molecule has 214 valence electrons. The molecule has 1 atom stereocenters. The summed E-state index contributed by atoms with van der Waals surface area (Å²) in [6.07, 6.45) is 10.4. The summed E-state index contributed by atoms with van der Waals surface area (Å²) in [5.74, 6) is 0.720. The molecular weight excluding hydrogens is 522 g/mol. The molecule has 7 rings (SSSR count). The monoisotopic (exact) mass is 559 g/mol. The van der Waals surface area contributed by atoms with Crippen molar-refractivity contribution in [2.24, 2.45) is 11.3 Å². The third-order valence-corrected chi connectivity index (χ3v) is 9.96. The van der Waals surface area contributed by atoms with Gasteiger partial charge in [0.1, 0.15) is 0 Å². The zero-order valence-electron chi connectivity index (χ0n) is 24.1. The smallest absolute Gasteiger partial charge is 0.251 e. The summed E-state index contributed by atoms with van der Waals surface area (Å²) in [5, 5.41) is 13.8. The summed E-state index contributed by atoms with van der Waals surface area (Å²) < 4.78 is 0. The average Bonchev–Trinajstić information content (AvgIpc) is 3.72. The van der Waals surface area contributed by atoms with Gasteiger partial charge < -0.3 is 15.3 Å². The van der Waals surface area contributed by atoms with E-state index in [4.69, 9.17) is 0 Å². The Balaban J connectivity index is 1.14. The number of carbonyl (C=O) groups is 1. The number of amides is 1. The predicted molar refractivity (Wildman–Crippen MR) is 163 cm³/mol. The van der Waals surface area contributed by atoms with Gasteiger partial charge in [0.15, 0.2) is 0 Å². The van der Waals surface area contributed by atoms with Gasteiger partial charge in [-0.1, -0.05) is 24.3 Å². The van der Waals surface area contributed by atoms with Crippen LogP contribution in [-0.2, 0) is 13.1 Å². The minimum atomic E-state index is -0.159. The van der Waals surface area contributed by atoms with E-state index in [2.05, 4.69) is 63.6 Å². The molecule has 1 unspecified atom stereocenters. The first-order chi connectivity index (χ1) is 20.4. The molecule has 3 fully saturated rings. The number of nitrogens with zero attached hydrogens (tertiary/aromatic N) is 2. The number of rotatable bonds is 7. The Morgan fingerprint density at radius 1 is 1.10 bits per heavy atom. The van der Waals surface area contributed by atoms with E-state index < -0.39 is 0 Å². The lowest BCUT2D eigenvalue weighted by molar-refractivity contribution is -0.0297. The number of hydrogen-bond acceptors (Lipinski definition) is 4. The molecule has 2 aromatic heterocycles. The van der Waals surface area contributed by atoms with Crippen molar-refractivity contribution in [1.29, 1.82) is 5.26 Å². The summed E-state index contributed by atoms with van der Waals surface area (Å²) >= 11 is 0. The molecule has 1 spiro atoms. The second-order valence-corrected chi connectivity index (χ2v) is 12.8. The van der Waals surface area contributed by atoms with E-state index in [9.17, 15) is 14.9 Å². The SMILES string of the molecule is Cc1cc(C2CC2)c(CN2CCC3(CC(C#N)C3)CC2c2ccc(C(=O)NCc3ccc(=O)[nH]c3)cc2)c2cc[nH]c12. The number of benzene rings is 2. The summed E-state index contributed by atoms with van der Waals surface area (Å²) in [5.41, 5.74) is 8.32. The molecule has 42 heavy (non-hydrogen) atoms. The number of likely N-dealkylation sites (tertiary alicyclic amines) is 1. The number of pyridine rings is 1. The fraction of sp³-hybridized carbons (Fsp3) is 0.400. The number of nitriles is 1. The fourth-order valence-electron chi connectivity index (χ4n) is 7.47. The molecular formula is C35H37N5O2. The lowest BCUT2D eigenvalue weighted by Crippen LogP contribution is -2.48. The third kappa shape index (κ3) is 5.05. The second-order valence-electron chi connectivity index (χ2n) is 12.8. The first-order valence-electron chi connectivity index (χ1n) is 15.2. The molecule has 1 saturated heterocycles. The van der Waals surface area contributed by atoms with Gasteiger partial charge in [-0.15, -0.1) is 0 Å². The van der Waals surface area contributed by atoms with Crippen LogP contribution in [0.5, 0.6) is 0 Å². The maximum atomic E-state index is 12.9. The lowest BCUT2D eigenvalue weighted by atomic mass is 9.56. The van der Waals surface area contributed by atoms with Crippen LogP contribution in [0, 0.1) is 29.6 Å². The van der Waals surface area contributed by atoms with E-state index in [-0.39, 0.29) is 28.8 Å². The molecule has 4 aromatic rings. The Kier molecular flexibility index (Phi) is 6.74. The molecule has 7 heteroatoms. The summed E-state index contributed by atoms with van der Waals surface area (Å²) in [6.45, 7) is 4.48. The highest BCUT2D eigenvalue weighted by Gasteiger charge is 2.49. The highest BCUT2D eigenvalue weighted by molar-refractivity contribution is 5.94. The van der Waals surface area contributed by atoms with Crippen molar-refractivity contribution in [3.8, 4) is 6.07 Å². The van der Waals surface area contributed by atoms with Gasteiger partial charge in [0.2, 0.25) is 5.56 Å². The van der Waals surface area contributed by atoms with E-state index in [0.717, 1.165) is 44.3 Å². The summed E-state index contributed by atoms with van der Waals surface area (Å²) in [4.78, 5) is 33.0. The van der Waals surface area contributed by atoms with E-state index in [0.29, 0.717) is 18.0 Å².